The maximum Gasteiger partial charge on any atom is 0.349 e. The van der Waals surface area contributed by atoms with Gasteiger partial charge in [0.2, 0.25) is 10.0 Å². The Labute approximate surface area is 149 Å². The Morgan fingerprint density at radius 1 is 1.24 bits per heavy atom. The van der Waals surface area contributed by atoms with Crippen LogP contribution in [0.2, 0.25) is 0 Å². The SMILES string of the molecule is COC(=O)c1sccc1S(=O)(=O)N1CC=C(c2ccc(F)cc2)CC1. The second-order valence-electron chi connectivity index (χ2n) is 5.45. The highest BCUT2D eigenvalue weighted by Gasteiger charge is 2.31. The molecule has 1 aromatic carbocycles. The second-order valence-corrected chi connectivity index (χ2v) is 8.28. The Morgan fingerprint density at radius 2 is 1.96 bits per heavy atom. The van der Waals surface area contributed by atoms with Crippen LogP contribution in [0.4, 0.5) is 4.39 Å². The summed E-state index contributed by atoms with van der Waals surface area (Å²) < 4.78 is 44.6. The zero-order chi connectivity index (χ0) is 18.0. The molecular weight excluding hydrogens is 365 g/mol. The number of benzene rings is 1. The Balaban J connectivity index is 1.83. The summed E-state index contributed by atoms with van der Waals surface area (Å²) in [5.41, 5.74) is 1.86. The molecule has 1 aromatic heterocycles. The first-order chi connectivity index (χ1) is 11.9. The Hall–Kier alpha value is -2.03. The molecule has 0 bridgehead atoms. The number of esters is 1. The summed E-state index contributed by atoms with van der Waals surface area (Å²) in [4.78, 5) is 11.8. The van der Waals surface area contributed by atoms with Crippen LogP contribution in [0.25, 0.3) is 5.57 Å². The first-order valence-electron chi connectivity index (χ1n) is 7.54. The van der Waals surface area contributed by atoms with Gasteiger partial charge in [0.15, 0.2) is 0 Å². The van der Waals surface area contributed by atoms with Crippen LogP contribution in [0.1, 0.15) is 21.7 Å². The molecule has 3 rings (SSSR count). The third-order valence-electron chi connectivity index (χ3n) is 4.00. The minimum Gasteiger partial charge on any atom is -0.465 e. The van der Waals surface area contributed by atoms with Gasteiger partial charge in [0.25, 0.3) is 0 Å². The number of sulfonamides is 1. The predicted octanol–water partition coefficient (Wildman–Crippen LogP) is 3.15. The zero-order valence-electron chi connectivity index (χ0n) is 13.4. The number of hydrogen-bond donors (Lipinski definition) is 0. The molecule has 8 heteroatoms. The first kappa shape index (κ1) is 17.8. The molecule has 0 saturated carbocycles. The van der Waals surface area contributed by atoms with E-state index in [2.05, 4.69) is 4.74 Å². The van der Waals surface area contributed by atoms with E-state index in [0.717, 1.165) is 22.5 Å². The van der Waals surface area contributed by atoms with Gasteiger partial charge < -0.3 is 4.74 Å². The molecule has 1 aliphatic heterocycles. The normalized spacial score (nSPS) is 15.7. The summed E-state index contributed by atoms with van der Waals surface area (Å²) >= 11 is 1.04. The lowest BCUT2D eigenvalue weighted by Crippen LogP contribution is -2.35. The number of rotatable bonds is 4. The van der Waals surface area contributed by atoms with Gasteiger partial charge in [-0.25, -0.2) is 17.6 Å². The van der Waals surface area contributed by atoms with Gasteiger partial charge in [-0.1, -0.05) is 18.2 Å². The van der Waals surface area contributed by atoms with Crippen molar-refractivity contribution in [3.63, 3.8) is 0 Å². The van der Waals surface area contributed by atoms with Crippen LogP contribution in [0.3, 0.4) is 0 Å². The summed E-state index contributed by atoms with van der Waals surface area (Å²) in [6.07, 6.45) is 2.33. The smallest absolute Gasteiger partial charge is 0.349 e. The number of halogens is 1. The summed E-state index contributed by atoms with van der Waals surface area (Å²) in [5, 5.41) is 1.56. The maximum absolute atomic E-state index is 13.0. The minimum atomic E-state index is -3.78. The summed E-state index contributed by atoms with van der Waals surface area (Å²) in [7, 11) is -2.56. The second kappa shape index (κ2) is 7.07. The van der Waals surface area contributed by atoms with Crippen molar-refractivity contribution < 1.29 is 22.3 Å². The highest BCUT2D eigenvalue weighted by molar-refractivity contribution is 7.89. The van der Waals surface area contributed by atoms with Crippen LogP contribution in [0.5, 0.6) is 0 Å². The highest BCUT2D eigenvalue weighted by atomic mass is 32.2. The van der Waals surface area contributed by atoms with Crippen LogP contribution in [0.15, 0.2) is 46.7 Å². The third-order valence-corrected chi connectivity index (χ3v) is 6.94. The van der Waals surface area contributed by atoms with E-state index in [9.17, 15) is 17.6 Å². The van der Waals surface area contributed by atoms with Crippen molar-refractivity contribution in [1.82, 2.24) is 4.31 Å². The quantitative estimate of drug-likeness (QED) is 0.763. The van der Waals surface area contributed by atoms with E-state index >= 15 is 0 Å². The van der Waals surface area contributed by atoms with Crippen molar-refractivity contribution >= 4 is 32.9 Å². The van der Waals surface area contributed by atoms with Gasteiger partial charge in [-0.3, -0.25) is 0 Å². The summed E-state index contributed by atoms with van der Waals surface area (Å²) in [6, 6.07) is 7.55. The van der Waals surface area contributed by atoms with E-state index in [-0.39, 0.29) is 22.1 Å². The van der Waals surface area contributed by atoms with E-state index in [4.69, 9.17) is 0 Å². The largest absolute Gasteiger partial charge is 0.465 e. The molecule has 0 saturated heterocycles. The van der Waals surface area contributed by atoms with Crippen molar-refractivity contribution in [2.24, 2.45) is 0 Å². The Morgan fingerprint density at radius 3 is 2.56 bits per heavy atom. The lowest BCUT2D eigenvalue weighted by Gasteiger charge is -2.26. The zero-order valence-corrected chi connectivity index (χ0v) is 15.1. The fourth-order valence-corrected chi connectivity index (χ4v) is 5.36. The third kappa shape index (κ3) is 3.51. The van der Waals surface area contributed by atoms with E-state index in [1.807, 2.05) is 6.08 Å². The van der Waals surface area contributed by atoms with Crippen molar-refractivity contribution in [2.75, 3.05) is 20.2 Å². The van der Waals surface area contributed by atoms with Crippen LogP contribution in [-0.2, 0) is 14.8 Å². The van der Waals surface area contributed by atoms with Gasteiger partial charge in [-0.2, -0.15) is 4.31 Å². The van der Waals surface area contributed by atoms with Gasteiger partial charge in [0, 0.05) is 13.1 Å². The molecule has 25 heavy (non-hydrogen) atoms. The molecule has 5 nitrogen and oxygen atoms in total. The van der Waals surface area contributed by atoms with E-state index in [1.165, 1.54) is 29.6 Å². The molecule has 0 spiro atoms. The average Bonchev–Trinajstić information content (AvgIpc) is 3.12. The highest BCUT2D eigenvalue weighted by Crippen LogP contribution is 2.29. The Kier molecular flexibility index (Phi) is 5.03. The number of nitrogens with zero attached hydrogens (tertiary/aromatic N) is 1. The molecule has 0 N–H and O–H groups in total. The van der Waals surface area contributed by atoms with Gasteiger partial charge in [0.1, 0.15) is 15.6 Å². The molecule has 0 fully saturated rings. The van der Waals surface area contributed by atoms with Crippen LogP contribution >= 0.6 is 11.3 Å². The molecule has 132 valence electrons. The first-order valence-corrected chi connectivity index (χ1v) is 9.86. The van der Waals surface area contributed by atoms with Crippen LogP contribution in [0, 0.1) is 5.82 Å². The average molecular weight is 381 g/mol. The van der Waals surface area contributed by atoms with Crippen LogP contribution in [-0.4, -0.2) is 38.9 Å². The predicted molar refractivity (Wildman–Crippen MR) is 93.4 cm³/mol. The lowest BCUT2D eigenvalue weighted by molar-refractivity contribution is 0.0602. The van der Waals surface area contributed by atoms with E-state index < -0.39 is 16.0 Å². The van der Waals surface area contributed by atoms with Crippen molar-refractivity contribution in [1.29, 1.82) is 0 Å². The van der Waals surface area contributed by atoms with Gasteiger partial charge >= 0.3 is 5.97 Å². The molecule has 0 radical (unpaired) electrons. The number of methoxy groups -OCH3 is 1. The van der Waals surface area contributed by atoms with Crippen molar-refractivity contribution in [3.8, 4) is 0 Å². The standard InChI is InChI=1S/C17H16FNO4S2/c1-23-17(20)16-15(8-11-24-16)25(21,22)19-9-6-13(7-10-19)12-2-4-14(18)5-3-12/h2-6,8,11H,7,9-10H2,1H3. The molecule has 2 heterocycles. The number of ether oxygens (including phenoxy) is 1. The van der Waals surface area contributed by atoms with Crippen molar-refractivity contribution in [3.05, 3.63) is 58.0 Å². The topological polar surface area (TPSA) is 63.7 Å². The molecule has 0 atom stereocenters. The fourth-order valence-electron chi connectivity index (χ4n) is 2.68. The molecule has 0 aliphatic carbocycles. The Bertz CT molecular complexity index is 916. The maximum atomic E-state index is 13.0. The van der Waals surface area contributed by atoms with Crippen molar-refractivity contribution in [2.45, 2.75) is 11.3 Å². The fraction of sp³-hybridized carbons (Fsp3) is 0.235. The summed E-state index contributed by atoms with van der Waals surface area (Å²) in [6.45, 7) is 0.494. The number of carbonyl (C=O) groups excluding carboxylic acids is 1. The van der Waals surface area contributed by atoms with Gasteiger partial charge in [0.05, 0.1) is 7.11 Å². The lowest BCUT2D eigenvalue weighted by atomic mass is 10.0. The van der Waals surface area contributed by atoms with E-state index in [1.54, 1.807) is 17.5 Å². The van der Waals surface area contributed by atoms with E-state index in [0.29, 0.717) is 13.0 Å². The minimum absolute atomic E-state index is 0.0250. The van der Waals surface area contributed by atoms with Gasteiger partial charge in [-0.15, -0.1) is 11.3 Å². The molecule has 1 aliphatic rings. The number of hydrogen-bond acceptors (Lipinski definition) is 5. The van der Waals surface area contributed by atoms with Gasteiger partial charge in [-0.05, 0) is 41.1 Å². The number of thiophene rings is 1. The van der Waals surface area contributed by atoms with Crippen LogP contribution < -0.4 is 0 Å². The monoisotopic (exact) mass is 381 g/mol. The molecular formula is C17H16FNO4S2. The number of carbonyl (C=O) groups is 1. The molecule has 0 unspecified atom stereocenters. The molecule has 2 aromatic rings. The summed E-state index contributed by atoms with van der Waals surface area (Å²) in [5.74, 6) is -0.967. The molecule has 0 amide bonds.